The Hall–Kier alpha value is -2.64. The van der Waals surface area contributed by atoms with E-state index in [9.17, 15) is 19.7 Å². The Balaban J connectivity index is 2.95. The molecule has 0 fully saturated rings. The summed E-state index contributed by atoms with van der Waals surface area (Å²) in [5.74, 6) is -1.25. The van der Waals surface area contributed by atoms with Crippen molar-refractivity contribution in [2.75, 3.05) is 5.73 Å². The van der Waals surface area contributed by atoms with Gasteiger partial charge in [-0.25, -0.2) is 0 Å². The van der Waals surface area contributed by atoms with Gasteiger partial charge in [-0.15, -0.1) is 0 Å². The molecular weight excluding hydrogens is 252 g/mol. The molecule has 1 rings (SSSR count). The predicted octanol–water partition coefficient (Wildman–Crippen LogP) is 0.171. The number of benzene rings is 1. The number of amides is 2. The summed E-state index contributed by atoms with van der Waals surface area (Å²) in [5.41, 5.74) is 10.2. The molecule has 0 heterocycles. The topological polar surface area (TPSA) is 141 Å². The van der Waals surface area contributed by atoms with Crippen molar-refractivity contribution < 1.29 is 14.5 Å². The van der Waals surface area contributed by atoms with E-state index in [0.717, 1.165) is 6.07 Å². The van der Waals surface area contributed by atoms with Crippen LogP contribution in [0.2, 0.25) is 0 Å². The molecule has 102 valence electrons. The first-order valence-electron chi connectivity index (χ1n) is 5.44. The highest BCUT2D eigenvalue weighted by molar-refractivity contribution is 5.99. The number of primary amides is 1. The van der Waals surface area contributed by atoms with Crippen LogP contribution in [0.25, 0.3) is 0 Å². The number of hydrogen-bond donors (Lipinski definition) is 3. The monoisotopic (exact) mass is 266 g/mol. The van der Waals surface area contributed by atoms with Gasteiger partial charge < -0.3 is 16.8 Å². The van der Waals surface area contributed by atoms with Gasteiger partial charge in [0.25, 0.3) is 11.6 Å². The van der Waals surface area contributed by atoms with Gasteiger partial charge in [-0.05, 0) is 19.1 Å². The molecule has 0 spiro atoms. The van der Waals surface area contributed by atoms with Crippen LogP contribution in [0.5, 0.6) is 0 Å². The second-order valence-corrected chi connectivity index (χ2v) is 4.08. The number of hydrogen-bond acceptors (Lipinski definition) is 5. The Morgan fingerprint density at radius 2 is 2.11 bits per heavy atom. The lowest BCUT2D eigenvalue weighted by atomic mass is 10.1. The van der Waals surface area contributed by atoms with E-state index in [0.29, 0.717) is 0 Å². The normalized spacial score (nSPS) is 11.6. The number of nitro groups is 1. The Labute approximate surface area is 108 Å². The maximum absolute atomic E-state index is 11.9. The van der Waals surface area contributed by atoms with E-state index in [-0.39, 0.29) is 23.4 Å². The number of rotatable bonds is 5. The van der Waals surface area contributed by atoms with Crippen LogP contribution < -0.4 is 16.8 Å². The Morgan fingerprint density at radius 1 is 1.47 bits per heavy atom. The third kappa shape index (κ3) is 3.95. The fraction of sp³-hybridized carbons (Fsp3) is 0.273. The van der Waals surface area contributed by atoms with Crippen LogP contribution in [0.1, 0.15) is 23.7 Å². The second kappa shape index (κ2) is 5.80. The fourth-order valence-corrected chi connectivity index (χ4v) is 1.55. The smallest absolute Gasteiger partial charge is 0.282 e. The quantitative estimate of drug-likeness (QED) is 0.395. The molecule has 0 aromatic heterocycles. The van der Waals surface area contributed by atoms with E-state index in [4.69, 9.17) is 11.5 Å². The molecule has 8 heteroatoms. The van der Waals surface area contributed by atoms with Crippen LogP contribution in [0.3, 0.4) is 0 Å². The largest absolute Gasteiger partial charge is 0.399 e. The van der Waals surface area contributed by atoms with Crippen LogP contribution in [-0.4, -0.2) is 22.8 Å². The van der Waals surface area contributed by atoms with Gasteiger partial charge in [-0.3, -0.25) is 19.7 Å². The zero-order valence-corrected chi connectivity index (χ0v) is 10.3. The third-order valence-electron chi connectivity index (χ3n) is 2.35. The van der Waals surface area contributed by atoms with E-state index in [2.05, 4.69) is 5.32 Å². The summed E-state index contributed by atoms with van der Waals surface area (Å²) in [6.07, 6.45) is -0.0537. The Kier molecular flexibility index (Phi) is 4.41. The molecule has 0 aliphatic rings. The third-order valence-corrected chi connectivity index (χ3v) is 2.35. The molecule has 0 bridgehead atoms. The summed E-state index contributed by atoms with van der Waals surface area (Å²) in [5, 5.41) is 13.3. The van der Waals surface area contributed by atoms with E-state index in [1.165, 1.54) is 12.1 Å². The molecule has 0 saturated carbocycles. The predicted molar refractivity (Wildman–Crippen MR) is 68.2 cm³/mol. The lowest BCUT2D eigenvalue weighted by Crippen LogP contribution is -2.36. The van der Waals surface area contributed by atoms with Gasteiger partial charge in [-0.1, -0.05) is 0 Å². The van der Waals surface area contributed by atoms with Gasteiger partial charge in [0.15, 0.2) is 0 Å². The zero-order valence-electron chi connectivity index (χ0n) is 10.3. The Bertz CT molecular complexity index is 529. The molecule has 8 nitrogen and oxygen atoms in total. The summed E-state index contributed by atoms with van der Waals surface area (Å²) in [4.78, 5) is 32.7. The summed E-state index contributed by atoms with van der Waals surface area (Å²) in [6, 6.07) is 3.18. The molecule has 0 aliphatic carbocycles. The van der Waals surface area contributed by atoms with Gasteiger partial charge in [0.05, 0.1) is 4.92 Å². The first-order valence-corrected chi connectivity index (χ1v) is 5.44. The number of nitrogens with two attached hydrogens (primary N) is 2. The standard InChI is InChI=1S/C11H14N4O4/c1-6(4-10(13)16)14-11(17)8-5-7(12)2-3-9(8)15(18)19/h2-3,5-6H,4,12H2,1H3,(H2,13,16)(H,14,17). The maximum Gasteiger partial charge on any atom is 0.282 e. The molecule has 1 aromatic rings. The lowest BCUT2D eigenvalue weighted by Gasteiger charge is -2.12. The van der Waals surface area contributed by atoms with E-state index >= 15 is 0 Å². The van der Waals surface area contributed by atoms with Crippen molar-refractivity contribution in [1.82, 2.24) is 5.32 Å². The number of nitro benzene ring substituents is 1. The maximum atomic E-state index is 11.9. The molecule has 1 unspecified atom stereocenters. The number of anilines is 1. The molecule has 5 N–H and O–H groups in total. The summed E-state index contributed by atoms with van der Waals surface area (Å²) < 4.78 is 0. The van der Waals surface area contributed by atoms with Gasteiger partial charge >= 0.3 is 0 Å². The summed E-state index contributed by atoms with van der Waals surface area (Å²) in [7, 11) is 0. The van der Waals surface area contributed by atoms with Gasteiger partial charge in [-0.2, -0.15) is 0 Å². The van der Waals surface area contributed by atoms with Crippen LogP contribution in [-0.2, 0) is 4.79 Å². The van der Waals surface area contributed by atoms with Crippen molar-refractivity contribution in [3.8, 4) is 0 Å². The molecule has 1 atom stereocenters. The van der Waals surface area contributed by atoms with Crippen molar-refractivity contribution in [2.24, 2.45) is 5.73 Å². The minimum absolute atomic E-state index is 0.0537. The highest BCUT2D eigenvalue weighted by Crippen LogP contribution is 2.21. The van der Waals surface area contributed by atoms with Crippen LogP contribution in [0.4, 0.5) is 11.4 Å². The van der Waals surface area contributed by atoms with Crippen molar-refractivity contribution in [3.05, 3.63) is 33.9 Å². The number of carbonyl (C=O) groups excluding carboxylic acids is 2. The Morgan fingerprint density at radius 3 is 2.63 bits per heavy atom. The summed E-state index contributed by atoms with van der Waals surface area (Å²) >= 11 is 0. The number of nitrogen functional groups attached to an aromatic ring is 1. The van der Waals surface area contributed by atoms with Crippen molar-refractivity contribution in [2.45, 2.75) is 19.4 Å². The average Bonchev–Trinajstić information content (AvgIpc) is 2.26. The molecule has 0 radical (unpaired) electrons. The minimum Gasteiger partial charge on any atom is -0.399 e. The van der Waals surface area contributed by atoms with Crippen LogP contribution in [0.15, 0.2) is 18.2 Å². The van der Waals surface area contributed by atoms with Gasteiger partial charge in [0.2, 0.25) is 5.91 Å². The SMILES string of the molecule is CC(CC(N)=O)NC(=O)c1cc(N)ccc1[N+](=O)[O-]. The summed E-state index contributed by atoms with van der Waals surface area (Å²) in [6.45, 7) is 1.57. The highest BCUT2D eigenvalue weighted by Gasteiger charge is 2.21. The van der Waals surface area contributed by atoms with E-state index in [1.807, 2.05) is 0 Å². The average molecular weight is 266 g/mol. The molecule has 0 saturated heterocycles. The van der Waals surface area contributed by atoms with Gasteiger partial charge in [0.1, 0.15) is 5.56 Å². The zero-order chi connectivity index (χ0) is 14.6. The molecule has 19 heavy (non-hydrogen) atoms. The van der Waals surface area contributed by atoms with Crippen LogP contribution >= 0.6 is 0 Å². The first-order chi connectivity index (χ1) is 8.81. The number of nitrogens with one attached hydrogen (secondary N) is 1. The van der Waals surface area contributed by atoms with E-state index in [1.54, 1.807) is 6.92 Å². The molecular formula is C11H14N4O4. The number of carbonyl (C=O) groups is 2. The van der Waals surface area contributed by atoms with E-state index < -0.39 is 22.8 Å². The van der Waals surface area contributed by atoms with Crippen molar-refractivity contribution in [1.29, 1.82) is 0 Å². The highest BCUT2D eigenvalue weighted by atomic mass is 16.6. The first kappa shape index (κ1) is 14.4. The molecule has 1 aromatic carbocycles. The van der Waals surface area contributed by atoms with Crippen LogP contribution in [0, 0.1) is 10.1 Å². The van der Waals surface area contributed by atoms with Gasteiger partial charge in [0, 0.05) is 24.2 Å². The molecule has 0 aliphatic heterocycles. The molecule has 2 amide bonds. The second-order valence-electron chi connectivity index (χ2n) is 4.08. The number of nitrogens with zero attached hydrogens (tertiary/aromatic N) is 1. The minimum atomic E-state index is -0.674. The lowest BCUT2D eigenvalue weighted by molar-refractivity contribution is -0.385. The van der Waals surface area contributed by atoms with Crippen molar-refractivity contribution >= 4 is 23.2 Å². The van der Waals surface area contributed by atoms with Crippen molar-refractivity contribution in [3.63, 3.8) is 0 Å². The fourth-order valence-electron chi connectivity index (χ4n) is 1.55.